The van der Waals surface area contributed by atoms with Gasteiger partial charge in [0.2, 0.25) is 0 Å². The fourth-order valence-electron chi connectivity index (χ4n) is 1.42. The zero-order valence-corrected chi connectivity index (χ0v) is 9.03. The Morgan fingerprint density at radius 3 is 2.80 bits per heavy atom. The molecule has 82 valence electrons. The number of nitrogens with zero attached hydrogens (tertiary/aromatic N) is 1. The average molecular weight is 209 g/mol. The molecule has 1 aromatic rings. The average Bonchev–Trinajstić information content (AvgIpc) is 2.17. The third-order valence-corrected chi connectivity index (χ3v) is 2.11. The Hall–Kier alpha value is -1.42. The predicted molar refractivity (Wildman–Crippen MR) is 57.8 cm³/mol. The first-order chi connectivity index (χ1) is 7.16. The monoisotopic (exact) mass is 209 g/mol. The minimum absolute atomic E-state index is 0.175. The number of nitro groups is 1. The maximum atomic E-state index is 10.8. The van der Waals surface area contributed by atoms with E-state index in [0.29, 0.717) is 24.3 Å². The molecule has 0 aliphatic carbocycles. The lowest BCUT2D eigenvalue weighted by molar-refractivity contribution is -0.386. The van der Waals surface area contributed by atoms with Crippen molar-refractivity contribution < 1.29 is 9.66 Å². The van der Waals surface area contributed by atoms with Crippen LogP contribution in [0, 0.1) is 17.0 Å². The van der Waals surface area contributed by atoms with Gasteiger partial charge in [0.15, 0.2) is 0 Å². The SMILES string of the molecule is CCCOCc1cccc(C)c1[N+](=O)[O-]. The highest BCUT2D eigenvalue weighted by atomic mass is 16.6. The molecule has 1 rings (SSSR count). The quantitative estimate of drug-likeness (QED) is 0.425. The molecule has 0 bridgehead atoms. The van der Waals surface area contributed by atoms with Crippen molar-refractivity contribution in [2.45, 2.75) is 26.9 Å². The second-order valence-corrected chi connectivity index (χ2v) is 3.39. The fraction of sp³-hybridized carbons (Fsp3) is 0.455. The number of nitro benzene ring substituents is 1. The van der Waals surface area contributed by atoms with E-state index in [0.717, 1.165) is 6.42 Å². The first-order valence-electron chi connectivity index (χ1n) is 4.97. The molecule has 0 N–H and O–H groups in total. The molecule has 0 aliphatic rings. The molecule has 0 saturated carbocycles. The van der Waals surface area contributed by atoms with Crippen molar-refractivity contribution in [1.29, 1.82) is 0 Å². The highest BCUT2D eigenvalue weighted by Crippen LogP contribution is 2.23. The van der Waals surface area contributed by atoms with Crippen LogP contribution in [0.25, 0.3) is 0 Å². The number of para-hydroxylation sites is 1. The smallest absolute Gasteiger partial charge is 0.277 e. The van der Waals surface area contributed by atoms with E-state index in [1.807, 2.05) is 13.0 Å². The number of aryl methyl sites for hydroxylation is 1. The summed E-state index contributed by atoms with van der Waals surface area (Å²) < 4.78 is 5.31. The van der Waals surface area contributed by atoms with Crippen LogP contribution in [0.3, 0.4) is 0 Å². The van der Waals surface area contributed by atoms with Crippen molar-refractivity contribution in [3.8, 4) is 0 Å². The van der Waals surface area contributed by atoms with Crippen LogP contribution in [-0.4, -0.2) is 11.5 Å². The van der Waals surface area contributed by atoms with Gasteiger partial charge in [-0.3, -0.25) is 10.1 Å². The first-order valence-corrected chi connectivity index (χ1v) is 4.97. The predicted octanol–water partition coefficient (Wildman–Crippen LogP) is 2.83. The lowest BCUT2D eigenvalue weighted by Crippen LogP contribution is -2.01. The van der Waals surface area contributed by atoms with Gasteiger partial charge in [-0.15, -0.1) is 0 Å². The van der Waals surface area contributed by atoms with Crippen LogP contribution >= 0.6 is 0 Å². The van der Waals surface area contributed by atoms with Gasteiger partial charge in [-0.2, -0.15) is 0 Å². The molecule has 0 radical (unpaired) electrons. The molecular weight excluding hydrogens is 194 g/mol. The maximum Gasteiger partial charge on any atom is 0.277 e. The van der Waals surface area contributed by atoms with Crippen molar-refractivity contribution >= 4 is 5.69 Å². The minimum Gasteiger partial charge on any atom is -0.377 e. The molecule has 0 atom stereocenters. The molecule has 0 heterocycles. The molecule has 0 amide bonds. The molecule has 1 aromatic carbocycles. The number of rotatable bonds is 5. The van der Waals surface area contributed by atoms with Gasteiger partial charge < -0.3 is 4.74 Å². The van der Waals surface area contributed by atoms with Crippen molar-refractivity contribution in [1.82, 2.24) is 0 Å². The van der Waals surface area contributed by atoms with Gasteiger partial charge in [0, 0.05) is 12.2 Å². The second-order valence-electron chi connectivity index (χ2n) is 3.39. The molecule has 0 aliphatic heterocycles. The van der Waals surface area contributed by atoms with Gasteiger partial charge >= 0.3 is 0 Å². The summed E-state index contributed by atoms with van der Waals surface area (Å²) in [6, 6.07) is 5.29. The standard InChI is InChI=1S/C11H15NO3/c1-3-7-15-8-10-6-4-5-9(2)11(10)12(13)14/h4-6H,3,7-8H2,1-2H3. The topological polar surface area (TPSA) is 52.4 Å². The summed E-state index contributed by atoms with van der Waals surface area (Å²) in [5.74, 6) is 0. The number of ether oxygens (including phenoxy) is 1. The van der Waals surface area contributed by atoms with Gasteiger partial charge in [0.1, 0.15) is 0 Å². The van der Waals surface area contributed by atoms with Gasteiger partial charge in [0.05, 0.1) is 17.1 Å². The van der Waals surface area contributed by atoms with Gasteiger partial charge in [-0.25, -0.2) is 0 Å². The van der Waals surface area contributed by atoms with Crippen molar-refractivity contribution in [3.05, 3.63) is 39.4 Å². The summed E-state index contributed by atoms with van der Waals surface area (Å²) in [7, 11) is 0. The van der Waals surface area contributed by atoms with E-state index in [9.17, 15) is 10.1 Å². The Balaban J connectivity index is 2.86. The van der Waals surface area contributed by atoms with Crippen LogP contribution in [0.1, 0.15) is 24.5 Å². The Bertz CT molecular complexity index is 350. The van der Waals surface area contributed by atoms with Crippen LogP contribution in [0.15, 0.2) is 18.2 Å². The lowest BCUT2D eigenvalue weighted by atomic mass is 10.1. The molecule has 0 saturated heterocycles. The summed E-state index contributed by atoms with van der Waals surface area (Å²) in [6.45, 7) is 4.68. The lowest BCUT2D eigenvalue weighted by Gasteiger charge is -2.05. The number of hydrogen-bond acceptors (Lipinski definition) is 3. The van der Waals surface area contributed by atoms with Crippen LogP contribution in [0.5, 0.6) is 0 Å². The summed E-state index contributed by atoms with van der Waals surface area (Å²) >= 11 is 0. The third kappa shape index (κ3) is 3.02. The zero-order chi connectivity index (χ0) is 11.3. The van der Waals surface area contributed by atoms with E-state index in [4.69, 9.17) is 4.74 Å². The van der Waals surface area contributed by atoms with Crippen molar-refractivity contribution in [2.75, 3.05) is 6.61 Å². The molecule has 0 unspecified atom stereocenters. The van der Waals surface area contributed by atoms with E-state index in [1.165, 1.54) is 0 Å². The van der Waals surface area contributed by atoms with Crippen LogP contribution in [0.2, 0.25) is 0 Å². The normalized spacial score (nSPS) is 10.3. The fourth-order valence-corrected chi connectivity index (χ4v) is 1.42. The maximum absolute atomic E-state index is 10.8. The molecule has 0 fully saturated rings. The first kappa shape index (κ1) is 11.7. The van der Waals surface area contributed by atoms with Crippen molar-refractivity contribution in [3.63, 3.8) is 0 Å². The zero-order valence-electron chi connectivity index (χ0n) is 9.03. The summed E-state index contributed by atoms with van der Waals surface area (Å²) in [4.78, 5) is 10.5. The third-order valence-electron chi connectivity index (χ3n) is 2.11. The minimum atomic E-state index is -0.347. The molecule has 4 nitrogen and oxygen atoms in total. The van der Waals surface area contributed by atoms with E-state index in [2.05, 4.69) is 0 Å². The largest absolute Gasteiger partial charge is 0.377 e. The van der Waals surface area contributed by atoms with E-state index in [-0.39, 0.29) is 10.6 Å². The Morgan fingerprint density at radius 2 is 2.20 bits per heavy atom. The van der Waals surface area contributed by atoms with E-state index < -0.39 is 0 Å². The molecule has 0 spiro atoms. The number of benzene rings is 1. The molecule has 0 aromatic heterocycles. The molecular formula is C11H15NO3. The summed E-state index contributed by atoms with van der Waals surface area (Å²) in [5.41, 5.74) is 1.50. The summed E-state index contributed by atoms with van der Waals surface area (Å²) in [5, 5.41) is 10.8. The highest BCUT2D eigenvalue weighted by Gasteiger charge is 2.16. The Morgan fingerprint density at radius 1 is 1.47 bits per heavy atom. The highest BCUT2D eigenvalue weighted by molar-refractivity contribution is 5.46. The summed E-state index contributed by atoms with van der Waals surface area (Å²) in [6.07, 6.45) is 0.916. The van der Waals surface area contributed by atoms with Crippen molar-refractivity contribution in [2.24, 2.45) is 0 Å². The Kier molecular flexibility index (Phi) is 4.24. The van der Waals surface area contributed by atoms with Gasteiger partial charge in [-0.05, 0) is 19.4 Å². The van der Waals surface area contributed by atoms with E-state index >= 15 is 0 Å². The van der Waals surface area contributed by atoms with Gasteiger partial charge in [0.25, 0.3) is 5.69 Å². The van der Waals surface area contributed by atoms with Gasteiger partial charge in [-0.1, -0.05) is 19.1 Å². The molecule has 4 heteroatoms. The van der Waals surface area contributed by atoms with Crippen LogP contribution in [0.4, 0.5) is 5.69 Å². The van der Waals surface area contributed by atoms with Crippen LogP contribution in [-0.2, 0) is 11.3 Å². The Labute approximate surface area is 89.0 Å². The van der Waals surface area contributed by atoms with Crippen LogP contribution < -0.4 is 0 Å². The second kappa shape index (κ2) is 5.46. The number of hydrogen-bond donors (Lipinski definition) is 0. The van der Waals surface area contributed by atoms with E-state index in [1.54, 1.807) is 19.1 Å². The molecule has 15 heavy (non-hydrogen) atoms.